The van der Waals surface area contributed by atoms with Crippen molar-refractivity contribution in [2.24, 2.45) is 9.98 Å². The molecular formula is C29H37N5O2S. The van der Waals surface area contributed by atoms with E-state index in [0.717, 1.165) is 42.5 Å². The third-order valence-corrected chi connectivity index (χ3v) is 6.88. The van der Waals surface area contributed by atoms with E-state index >= 15 is 0 Å². The molecule has 1 saturated carbocycles. The van der Waals surface area contributed by atoms with Gasteiger partial charge < -0.3 is 14.8 Å². The van der Waals surface area contributed by atoms with E-state index in [1.165, 1.54) is 4.90 Å². The van der Waals surface area contributed by atoms with Crippen LogP contribution in [0.3, 0.4) is 0 Å². The highest BCUT2D eigenvalue weighted by atomic mass is 32.2. The highest BCUT2D eigenvalue weighted by Gasteiger charge is 2.27. The van der Waals surface area contributed by atoms with Crippen molar-refractivity contribution in [2.45, 2.75) is 62.8 Å². The SMILES string of the molecule is C=C(N=C(C(=N)OC(=N)c1ccc(CNC)cc1)C(=NC)OC1CCC1)c1ccc(SC(C)C)cc1C. The molecule has 1 aliphatic rings. The number of nitrogens with one attached hydrogen (secondary N) is 3. The molecule has 0 spiro atoms. The minimum atomic E-state index is -0.310. The van der Waals surface area contributed by atoms with E-state index in [-0.39, 0.29) is 29.5 Å². The third-order valence-electron chi connectivity index (χ3n) is 5.88. The summed E-state index contributed by atoms with van der Waals surface area (Å²) in [6.45, 7) is 11.3. The van der Waals surface area contributed by atoms with Crippen LogP contribution in [0, 0.1) is 17.7 Å². The molecule has 0 aromatic heterocycles. The molecule has 196 valence electrons. The average molecular weight is 520 g/mol. The fraction of sp³-hybridized carbons (Fsp3) is 0.379. The Morgan fingerprint density at radius 1 is 1.16 bits per heavy atom. The van der Waals surface area contributed by atoms with Crippen molar-refractivity contribution < 1.29 is 9.47 Å². The van der Waals surface area contributed by atoms with Crippen molar-refractivity contribution in [2.75, 3.05) is 14.1 Å². The molecule has 8 heteroatoms. The fourth-order valence-corrected chi connectivity index (χ4v) is 4.68. The molecule has 3 N–H and O–H groups in total. The quantitative estimate of drug-likeness (QED) is 0.196. The first-order valence-electron chi connectivity index (χ1n) is 12.5. The Morgan fingerprint density at radius 3 is 2.41 bits per heavy atom. The number of hydrogen-bond acceptors (Lipinski definition) is 8. The van der Waals surface area contributed by atoms with Gasteiger partial charge in [0.25, 0.3) is 0 Å². The second-order valence-corrected chi connectivity index (χ2v) is 10.9. The maximum atomic E-state index is 8.70. The van der Waals surface area contributed by atoms with Gasteiger partial charge in [-0.3, -0.25) is 15.8 Å². The first kappa shape index (κ1) is 28.3. The maximum Gasteiger partial charge on any atom is 0.245 e. The Bertz CT molecular complexity index is 1200. The lowest BCUT2D eigenvalue weighted by atomic mass is 9.96. The van der Waals surface area contributed by atoms with Crippen LogP contribution in [0.1, 0.15) is 55.4 Å². The summed E-state index contributed by atoms with van der Waals surface area (Å²) in [5.41, 5.74) is 4.16. The van der Waals surface area contributed by atoms with E-state index < -0.39 is 0 Å². The summed E-state index contributed by atoms with van der Waals surface area (Å²) in [4.78, 5) is 10.1. The zero-order chi connectivity index (χ0) is 26.9. The molecule has 0 radical (unpaired) electrons. The van der Waals surface area contributed by atoms with Gasteiger partial charge in [-0.05, 0) is 68.6 Å². The summed E-state index contributed by atoms with van der Waals surface area (Å²) >= 11 is 1.80. The van der Waals surface area contributed by atoms with E-state index in [9.17, 15) is 0 Å². The first-order chi connectivity index (χ1) is 17.7. The van der Waals surface area contributed by atoms with Gasteiger partial charge in [-0.2, -0.15) is 0 Å². The van der Waals surface area contributed by atoms with Crippen LogP contribution in [0.5, 0.6) is 0 Å². The molecule has 0 saturated heterocycles. The van der Waals surface area contributed by atoms with Crippen molar-refractivity contribution in [3.63, 3.8) is 0 Å². The second kappa shape index (κ2) is 13.4. The predicted molar refractivity (Wildman–Crippen MR) is 156 cm³/mol. The lowest BCUT2D eigenvalue weighted by molar-refractivity contribution is 0.111. The van der Waals surface area contributed by atoms with Crippen LogP contribution < -0.4 is 5.32 Å². The van der Waals surface area contributed by atoms with E-state index in [1.54, 1.807) is 30.9 Å². The zero-order valence-electron chi connectivity index (χ0n) is 22.4. The van der Waals surface area contributed by atoms with Gasteiger partial charge in [0.15, 0.2) is 5.71 Å². The van der Waals surface area contributed by atoms with E-state index in [2.05, 4.69) is 47.9 Å². The molecule has 0 heterocycles. The van der Waals surface area contributed by atoms with Crippen molar-refractivity contribution in [3.8, 4) is 0 Å². The van der Waals surface area contributed by atoms with E-state index in [1.807, 2.05) is 32.2 Å². The molecule has 0 aliphatic heterocycles. The van der Waals surface area contributed by atoms with Crippen LogP contribution in [-0.2, 0) is 16.0 Å². The number of thioether (sulfide) groups is 1. The molecule has 2 aromatic rings. The molecule has 1 aliphatic carbocycles. The van der Waals surface area contributed by atoms with Crippen LogP contribution >= 0.6 is 11.8 Å². The first-order valence-corrected chi connectivity index (χ1v) is 13.4. The number of aryl methyl sites for hydroxylation is 1. The largest absolute Gasteiger partial charge is 0.473 e. The highest BCUT2D eigenvalue weighted by molar-refractivity contribution is 7.99. The van der Waals surface area contributed by atoms with Crippen LogP contribution in [0.25, 0.3) is 5.70 Å². The summed E-state index contributed by atoms with van der Waals surface area (Å²) < 4.78 is 11.7. The molecule has 0 atom stereocenters. The average Bonchev–Trinajstić information content (AvgIpc) is 2.82. The Balaban J connectivity index is 1.87. The topological polar surface area (TPSA) is 103 Å². The summed E-state index contributed by atoms with van der Waals surface area (Å²) in [6, 6.07) is 13.6. The van der Waals surface area contributed by atoms with Gasteiger partial charge >= 0.3 is 0 Å². The number of rotatable bonds is 10. The van der Waals surface area contributed by atoms with Gasteiger partial charge in [-0.25, -0.2) is 4.99 Å². The zero-order valence-corrected chi connectivity index (χ0v) is 23.2. The van der Waals surface area contributed by atoms with Crippen molar-refractivity contribution in [3.05, 3.63) is 71.3 Å². The summed E-state index contributed by atoms with van der Waals surface area (Å²) in [5, 5.41) is 20.7. The Kier molecular flexibility index (Phi) is 10.2. The number of ether oxygens (including phenoxy) is 2. The number of nitrogens with zero attached hydrogens (tertiary/aromatic N) is 2. The monoisotopic (exact) mass is 519 g/mol. The molecule has 0 bridgehead atoms. The smallest absolute Gasteiger partial charge is 0.245 e. The van der Waals surface area contributed by atoms with Gasteiger partial charge in [0.1, 0.15) is 6.10 Å². The third kappa shape index (κ3) is 7.87. The van der Waals surface area contributed by atoms with E-state index in [0.29, 0.717) is 16.5 Å². The maximum absolute atomic E-state index is 8.70. The molecule has 0 amide bonds. The minimum Gasteiger partial charge on any atom is -0.473 e. The summed E-state index contributed by atoms with van der Waals surface area (Å²) in [5.74, 6) is -0.239. The van der Waals surface area contributed by atoms with Gasteiger partial charge in [-0.1, -0.05) is 38.6 Å². The predicted octanol–water partition coefficient (Wildman–Crippen LogP) is 6.24. The minimum absolute atomic E-state index is 0.0400. The summed E-state index contributed by atoms with van der Waals surface area (Å²) in [7, 11) is 3.49. The molecule has 1 fully saturated rings. The van der Waals surface area contributed by atoms with Crippen LogP contribution in [0.4, 0.5) is 0 Å². The Morgan fingerprint density at radius 2 is 1.86 bits per heavy atom. The Hall–Kier alpha value is -3.23. The molecule has 7 nitrogen and oxygen atoms in total. The van der Waals surface area contributed by atoms with Crippen LogP contribution in [-0.4, -0.2) is 48.9 Å². The van der Waals surface area contributed by atoms with Gasteiger partial charge in [0.2, 0.25) is 17.7 Å². The number of hydrogen-bond donors (Lipinski definition) is 3. The lowest BCUT2D eigenvalue weighted by Crippen LogP contribution is -2.34. The van der Waals surface area contributed by atoms with Crippen LogP contribution in [0.15, 0.2) is 63.9 Å². The number of aliphatic imine (C=N–C) groups is 2. The second-order valence-electron chi connectivity index (χ2n) is 9.24. The normalized spacial score (nSPS) is 14.3. The lowest BCUT2D eigenvalue weighted by Gasteiger charge is -2.27. The molecule has 0 unspecified atom stereocenters. The molecule has 37 heavy (non-hydrogen) atoms. The number of benzene rings is 2. The Labute approximate surface area is 224 Å². The fourth-order valence-electron chi connectivity index (χ4n) is 3.74. The van der Waals surface area contributed by atoms with Gasteiger partial charge in [-0.15, -0.1) is 11.8 Å². The van der Waals surface area contributed by atoms with Gasteiger partial charge in [0, 0.05) is 34.9 Å². The van der Waals surface area contributed by atoms with Crippen LogP contribution in [0.2, 0.25) is 0 Å². The molecule has 2 aromatic carbocycles. The molecule has 3 rings (SSSR count). The molecular weight excluding hydrogens is 482 g/mol. The summed E-state index contributed by atoms with van der Waals surface area (Å²) in [6.07, 6.45) is 3.01. The van der Waals surface area contributed by atoms with Crippen molar-refractivity contribution in [1.82, 2.24) is 5.32 Å². The van der Waals surface area contributed by atoms with Gasteiger partial charge in [0.05, 0.1) is 5.70 Å². The van der Waals surface area contributed by atoms with E-state index in [4.69, 9.17) is 20.3 Å². The highest BCUT2D eigenvalue weighted by Crippen LogP contribution is 2.28. The van der Waals surface area contributed by atoms with Crippen molar-refractivity contribution in [1.29, 1.82) is 10.8 Å². The van der Waals surface area contributed by atoms with Crippen molar-refractivity contribution >= 4 is 40.9 Å². The standard InChI is InChI=1S/C29H37N5O2S/c1-18(2)37-24-14-15-25(19(3)16-24)20(4)34-26(29(33-6)35-23-8-7-9-23)28(31)36-27(30)22-12-10-21(11-13-22)17-32-5/h10-16,18,23,30-32H,4,7-9,17H2,1-3,5-6H3.